The molecule has 2 amide bonds. The Morgan fingerprint density at radius 3 is 3.14 bits per heavy atom. The first-order chi connectivity index (χ1) is 10.7. The van der Waals surface area contributed by atoms with Crippen molar-refractivity contribution in [3.63, 3.8) is 0 Å². The van der Waals surface area contributed by atoms with Crippen LogP contribution in [0.2, 0.25) is 0 Å². The molecule has 7 heteroatoms. The van der Waals surface area contributed by atoms with E-state index in [1.165, 1.54) is 12.1 Å². The van der Waals surface area contributed by atoms with Gasteiger partial charge in [-0.1, -0.05) is 12.1 Å². The topological polar surface area (TPSA) is 68.2 Å². The van der Waals surface area contributed by atoms with Crippen molar-refractivity contribution < 1.29 is 13.9 Å². The summed E-state index contributed by atoms with van der Waals surface area (Å²) < 4.78 is 20.7. The van der Waals surface area contributed by atoms with Crippen molar-refractivity contribution in [1.82, 2.24) is 15.1 Å². The fraction of sp³-hybridized carbons (Fsp3) is 0.333. The van der Waals surface area contributed by atoms with E-state index >= 15 is 0 Å². The third-order valence-electron chi connectivity index (χ3n) is 3.51. The molecule has 1 aromatic carbocycles. The number of para-hydroxylation sites is 1. The van der Waals surface area contributed by atoms with Crippen LogP contribution in [0.5, 0.6) is 0 Å². The average Bonchev–Trinajstić information content (AvgIpc) is 2.93. The van der Waals surface area contributed by atoms with Crippen LogP contribution in [0.4, 0.5) is 14.9 Å². The number of ether oxygens (including phenoxy) is 1. The van der Waals surface area contributed by atoms with E-state index in [4.69, 9.17) is 4.74 Å². The number of fused-ring (bicyclic) bond motifs is 1. The fourth-order valence-electron chi connectivity index (χ4n) is 2.41. The smallest absolute Gasteiger partial charge is 0.319 e. The summed E-state index contributed by atoms with van der Waals surface area (Å²) in [5.74, 6) is -0.459. The van der Waals surface area contributed by atoms with E-state index in [-0.39, 0.29) is 5.69 Å². The van der Waals surface area contributed by atoms with E-state index in [0.717, 1.165) is 17.7 Å². The molecular weight excluding hydrogens is 287 g/mol. The molecule has 2 aromatic rings. The maximum absolute atomic E-state index is 13.4. The first-order valence-corrected chi connectivity index (χ1v) is 7.15. The van der Waals surface area contributed by atoms with Gasteiger partial charge in [-0.15, -0.1) is 0 Å². The maximum Gasteiger partial charge on any atom is 0.319 e. The average molecular weight is 304 g/mol. The summed E-state index contributed by atoms with van der Waals surface area (Å²) in [6.07, 6.45) is 2.63. The summed E-state index contributed by atoms with van der Waals surface area (Å²) in [6, 6.07) is 5.61. The summed E-state index contributed by atoms with van der Waals surface area (Å²) in [4.78, 5) is 11.7. The summed E-state index contributed by atoms with van der Waals surface area (Å²) in [5.41, 5.74) is 2.42. The molecule has 1 aliphatic rings. The molecule has 2 heterocycles. The zero-order valence-corrected chi connectivity index (χ0v) is 12.0. The van der Waals surface area contributed by atoms with Gasteiger partial charge < -0.3 is 15.4 Å². The monoisotopic (exact) mass is 304 g/mol. The third-order valence-corrected chi connectivity index (χ3v) is 3.51. The van der Waals surface area contributed by atoms with Crippen molar-refractivity contribution >= 4 is 11.7 Å². The Balaban J connectivity index is 1.50. The highest BCUT2D eigenvalue weighted by molar-refractivity contribution is 5.89. The van der Waals surface area contributed by atoms with E-state index in [9.17, 15) is 9.18 Å². The van der Waals surface area contributed by atoms with Crippen molar-refractivity contribution in [2.45, 2.75) is 19.6 Å². The number of urea groups is 1. The fourth-order valence-corrected chi connectivity index (χ4v) is 2.41. The molecule has 2 N–H and O–H groups in total. The van der Waals surface area contributed by atoms with E-state index in [1.807, 2.05) is 4.68 Å². The highest BCUT2D eigenvalue weighted by atomic mass is 19.1. The van der Waals surface area contributed by atoms with E-state index in [0.29, 0.717) is 26.3 Å². The Kier molecular flexibility index (Phi) is 4.34. The molecule has 0 unspecified atom stereocenters. The van der Waals surface area contributed by atoms with Crippen LogP contribution in [0.1, 0.15) is 11.3 Å². The van der Waals surface area contributed by atoms with Gasteiger partial charge in [0.1, 0.15) is 5.82 Å². The minimum Gasteiger partial charge on any atom is -0.376 e. The third kappa shape index (κ3) is 3.25. The lowest BCUT2D eigenvalue weighted by molar-refractivity contribution is 0.109. The number of nitrogens with zero attached hydrogens (tertiary/aromatic N) is 2. The van der Waals surface area contributed by atoms with Gasteiger partial charge in [0.05, 0.1) is 31.6 Å². The number of hydrogen-bond acceptors (Lipinski definition) is 3. The highest BCUT2D eigenvalue weighted by Gasteiger charge is 2.15. The Morgan fingerprint density at radius 1 is 1.41 bits per heavy atom. The second-order valence-electron chi connectivity index (χ2n) is 5.00. The van der Waals surface area contributed by atoms with E-state index in [2.05, 4.69) is 15.7 Å². The zero-order valence-electron chi connectivity index (χ0n) is 12.0. The molecular formula is C15H17FN4O2. The molecule has 0 radical (unpaired) electrons. The minimum absolute atomic E-state index is 0.161. The Morgan fingerprint density at radius 2 is 2.27 bits per heavy atom. The van der Waals surface area contributed by atoms with Crippen molar-refractivity contribution in [1.29, 1.82) is 0 Å². The summed E-state index contributed by atoms with van der Waals surface area (Å²) in [6.45, 7) is 2.27. The lowest BCUT2D eigenvalue weighted by atomic mass is 10.2. The Hall–Kier alpha value is -2.41. The van der Waals surface area contributed by atoms with Gasteiger partial charge in [0.25, 0.3) is 0 Å². The normalized spacial score (nSPS) is 13.5. The van der Waals surface area contributed by atoms with Crippen molar-refractivity contribution in [3.05, 3.63) is 47.5 Å². The first-order valence-electron chi connectivity index (χ1n) is 7.15. The molecule has 116 valence electrons. The number of anilines is 1. The van der Waals surface area contributed by atoms with Crippen LogP contribution in [0.25, 0.3) is 0 Å². The van der Waals surface area contributed by atoms with Crippen LogP contribution >= 0.6 is 0 Å². The number of rotatable bonds is 4. The van der Waals surface area contributed by atoms with Gasteiger partial charge in [0, 0.05) is 24.2 Å². The van der Waals surface area contributed by atoms with Crippen LogP contribution in [0, 0.1) is 5.82 Å². The molecule has 0 atom stereocenters. The van der Waals surface area contributed by atoms with Gasteiger partial charge in [0.15, 0.2) is 0 Å². The standard InChI is InChI=1S/C15H17FN4O2/c16-12-3-1-2-4-13(12)19-15(21)17-6-7-20-14-5-8-22-10-11(14)9-18-20/h1-4,9H,5-8,10H2,(H2,17,19,21). The van der Waals surface area contributed by atoms with E-state index < -0.39 is 11.8 Å². The van der Waals surface area contributed by atoms with Crippen LogP contribution in [-0.2, 0) is 24.3 Å². The predicted molar refractivity (Wildman–Crippen MR) is 79.0 cm³/mol. The van der Waals surface area contributed by atoms with Crippen LogP contribution in [-0.4, -0.2) is 29.0 Å². The minimum atomic E-state index is -0.459. The van der Waals surface area contributed by atoms with Crippen molar-refractivity contribution in [2.75, 3.05) is 18.5 Å². The number of aromatic nitrogens is 2. The molecule has 0 spiro atoms. The lowest BCUT2D eigenvalue weighted by Crippen LogP contribution is -2.32. The van der Waals surface area contributed by atoms with Gasteiger partial charge >= 0.3 is 6.03 Å². The van der Waals surface area contributed by atoms with Crippen molar-refractivity contribution in [3.8, 4) is 0 Å². The molecule has 3 rings (SSSR count). The number of hydrogen-bond donors (Lipinski definition) is 2. The second kappa shape index (κ2) is 6.57. The number of carbonyl (C=O) groups excluding carboxylic acids is 1. The molecule has 1 aliphatic heterocycles. The maximum atomic E-state index is 13.4. The molecule has 0 saturated heterocycles. The first kappa shape index (κ1) is 14.5. The van der Waals surface area contributed by atoms with Gasteiger partial charge in [-0.3, -0.25) is 4.68 Å². The molecule has 0 fully saturated rings. The van der Waals surface area contributed by atoms with Crippen molar-refractivity contribution in [2.24, 2.45) is 0 Å². The largest absolute Gasteiger partial charge is 0.376 e. The quantitative estimate of drug-likeness (QED) is 0.906. The molecule has 6 nitrogen and oxygen atoms in total. The Labute approximate surface area is 127 Å². The number of amides is 2. The van der Waals surface area contributed by atoms with E-state index in [1.54, 1.807) is 18.3 Å². The van der Waals surface area contributed by atoms with Gasteiger partial charge in [0.2, 0.25) is 0 Å². The van der Waals surface area contributed by atoms with Gasteiger partial charge in [-0.25, -0.2) is 9.18 Å². The number of carbonyl (C=O) groups is 1. The molecule has 0 aliphatic carbocycles. The highest BCUT2D eigenvalue weighted by Crippen LogP contribution is 2.15. The summed E-state index contributed by atoms with van der Waals surface area (Å²) >= 11 is 0. The molecule has 22 heavy (non-hydrogen) atoms. The zero-order chi connectivity index (χ0) is 15.4. The predicted octanol–water partition coefficient (Wildman–Crippen LogP) is 1.92. The number of nitrogens with one attached hydrogen (secondary N) is 2. The summed E-state index contributed by atoms with van der Waals surface area (Å²) in [7, 11) is 0. The van der Waals surface area contributed by atoms with Crippen LogP contribution in [0.3, 0.4) is 0 Å². The molecule has 0 bridgehead atoms. The lowest BCUT2D eigenvalue weighted by Gasteiger charge is -2.15. The number of halogens is 1. The number of benzene rings is 1. The van der Waals surface area contributed by atoms with Crippen LogP contribution < -0.4 is 10.6 Å². The van der Waals surface area contributed by atoms with Gasteiger partial charge in [-0.05, 0) is 12.1 Å². The summed E-state index contributed by atoms with van der Waals surface area (Å²) in [5, 5.41) is 9.47. The Bertz CT molecular complexity index is 671. The van der Waals surface area contributed by atoms with Gasteiger partial charge in [-0.2, -0.15) is 5.10 Å². The second-order valence-corrected chi connectivity index (χ2v) is 5.00. The molecule has 1 aromatic heterocycles. The molecule has 0 saturated carbocycles. The SMILES string of the molecule is O=C(NCCn1ncc2c1CCOC2)Nc1ccccc1F. The van der Waals surface area contributed by atoms with Crippen LogP contribution in [0.15, 0.2) is 30.5 Å².